The summed E-state index contributed by atoms with van der Waals surface area (Å²) < 4.78 is 0. The minimum Gasteiger partial charge on any atom is -0.325 e. The summed E-state index contributed by atoms with van der Waals surface area (Å²) in [6, 6.07) is 8.63. The first-order valence-electron chi connectivity index (χ1n) is 7.88. The predicted octanol–water partition coefficient (Wildman–Crippen LogP) is 2.85. The van der Waals surface area contributed by atoms with Crippen molar-refractivity contribution in [2.45, 2.75) is 38.6 Å². The van der Waals surface area contributed by atoms with E-state index in [1.807, 2.05) is 19.2 Å². The van der Waals surface area contributed by atoms with Crippen molar-refractivity contribution in [3.05, 3.63) is 29.8 Å². The van der Waals surface area contributed by atoms with Crippen molar-refractivity contribution < 1.29 is 4.79 Å². The van der Waals surface area contributed by atoms with Gasteiger partial charge < -0.3 is 10.6 Å². The number of hydrogen-bond acceptors (Lipinski definition) is 3. The van der Waals surface area contributed by atoms with E-state index in [1.54, 1.807) is 0 Å². The van der Waals surface area contributed by atoms with Gasteiger partial charge in [0.1, 0.15) is 0 Å². The number of benzene rings is 1. The Bertz CT molecular complexity index is 461. The van der Waals surface area contributed by atoms with E-state index in [0.29, 0.717) is 18.5 Å². The Morgan fingerprint density at radius 3 is 2.59 bits per heavy atom. The zero-order chi connectivity index (χ0) is 15.2. The lowest BCUT2D eigenvalue weighted by Crippen LogP contribution is -2.41. The van der Waals surface area contributed by atoms with Crippen molar-refractivity contribution in [3.8, 4) is 0 Å². The first-order chi connectivity index (χ1) is 10.1. The maximum absolute atomic E-state index is 12.2. The van der Waals surface area contributed by atoms with Crippen LogP contribution in [0.4, 0.5) is 5.69 Å². The molecule has 1 heterocycles. The lowest BCUT2D eigenvalue weighted by molar-refractivity contribution is -0.117. The molecule has 1 aliphatic heterocycles. The van der Waals surface area contributed by atoms with E-state index in [2.05, 4.69) is 41.5 Å². The second kappa shape index (κ2) is 9.13. The fraction of sp³-hybridized carbons (Fsp3) is 0.588. The normalized spacial score (nSPS) is 18.3. The second-order valence-electron chi connectivity index (χ2n) is 6.15. The molecular weight excluding hydrogens is 298 g/mol. The van der Waals surface area contributed by atoms with Crippen molar-refractivity contribution in [3.63, 3.8) is 0 Å². The molecule has 1 saturated heterocycles. The van der Waals surface area contributed by atoms with E-state index in [9.17, 15) is 4.79 Å². The molecule has 0 bridgehead atoms. The van der Waals surface area contributed by atoms with Crippen LogP contribution in [0, 0.1) is 0 Å². The number of nitrogens with zero attached hydrogens (tertiary/aromatic N) is 1. The Labute approximate surface area is 140 Å². The Morgan fingerprint density at radius 2 is 2.00 bits per heavy atom. The number of hydrogen-bond donors (Lipinski definition) is 2. The Balaban J connectivity index is 0.00000242. The average molecular weight is 326 g/mol. The summed E-state index contributed by atoms with van der Waals surface area (Å²) in [5.74, 6) is 0.594. The highest BCUT2D eigenvalue weighted by atomic mass is 35.5. The lowest BCUT2D eigenvalue weighted by atomic mass is 10.0. The Morgan fingerprint density at radius 1 is 1.32 bits per heavy atom. The molecule has 22 heavy (non-hydrogen) atoms. The molecule has 0 spiro atoms. The lowest BCUT2D eigenvalue weighted by Gasteiger charge is -2.23. The standard InChI is InChI=1S/C17H27N3O.ClH/c1-13(2)14-6-8-15(9-7-14)19-17(21)12-20-10-4-5-16(20)11-18-3;/h6-9,13,16,18H,4-5,10-12H2,1-3H3,(H,19,21);1H. The number of carbonyl (C=O) groups is 1. The predicted molar refractivity (Wildman–Crippen MR) is 94.9 cm³/mol. The van der Waals surface area contributed by atoms with E-state index in [0.717, 1.165) is 18.8 Å². The molecule has 124 valence electrons. The van der Waals surface area contributed by atoms with Crippen LogP contribution in [0.5, 0.6) is 0 Å². The number of nitrogens with one attached hydrogen (secondary N) is 2. The minimum absolute atomic E-state index is 0. The Kier molecular flexibility index (Phi) is 7.87. The van der Waals surface area contributed by atoms with Gasteiger partial charge in [0.05, 0.1) is 6.54 Å². The van der Waals surface area contributed by atoms with Crippen LogP contribution >= 0.6 is 12.4 Å². The van der Waals surface area contributed by atoms with Gasteiger partial charge >= 0.3 is 0 Å². The number of likely N-dealkylation sites (tertiary alicyclic amines) is 1. The molecule has 1 fully saturated rings. The third-order valence-corrected chi connectivity index (χ3v) is 4.15. The largest absolute Gasteiger partial charge is 0.325 e. The van der Waals surface area contributed by atoms with Gasteiger partial charge in [-0.05, 0) is 50.0 Å². The summed E-state index contributed by atoms with van der Waals surface area (Å²) in [5.41, 5.74) is 2.18. The summed E-state index contributed by atoms with van der Waals surface area (Å²) in [5, 5.41) is 6.20. The number of amides is 1. The van der Waals surface area contributed by atoms with Crippen LogP contribution in [-0.2, 0) is 4.79 Å². The number of anilines is 1. The quantitative estimate of drug-likeness (QED) is 0.845. The van der Waals surface area contributed by atoms with Crippen LogP contribution in [0.3, 0.4) is 0 Å². The minimum atomic E-state index is 0. The van der Waals surface area contributed by atoms with Crippen LogP contribution in [0.15, 0.2) is 24.3 Å². The maximum Gasteiger partial charge on any atom is 0.238 e. The molecule has 1 aromatic rings. The molecule has 0 saturated carbocycles. The highest BCUT2D eigenvalue weighted by Crippen LogP contribution is 2.18. The Hall–Kier alpha value is -1.10. The molecule has 0 aromatic heterocycles. The molecule has 1 unspecified atom stereocenters. The molecule has 1 aromatic carbocycles. The molecule has 2 N–H and O–H groups in total. The summed E-state index contributed by atoms with van der Waals surface area (Å²) >= 11 is 0. The average Bonchev–Trinajstić information content (AvgIpc) is 2.87. The molecule has 1 aliphatic rings. The maximum atomic E-state index is 12.2. The third-order valence-electron chi connectivity index (χ3n) is 4.15. The molecule has 1 amide bonds. The van der Waals surface area contributed by atoms with Gasteiger partial charge in [-0.2, -0.15) is 0 Å². The van der Waals surface area contributed by atoms with Gasteiger partial charge in [0.15, 0.2) is 0 Å². The molecular formula is C17H28ClN3O. The fourth-order valence-corrected chi connectivity index (χ4v) is 2.91. The van der Waals surface area contributed by atoms with Crippen LogP contribution in [-0.4, -0.2) is 43.5 Å². The zero-order valence-electron chi connectivity index (χ0n) is 13.8. The van der Waals surface area contributed by atoms with Gasteiger partial charge in [0.2, 0.25) is 5.91 Å². The zero-order valence-corrected chi connectivity index (χ0v) is 14.6. The summed E-state index contributed by atoms with van der Waals surface area (Å²) in [6.07, 6.45) is 2.36. The molecule has 0 aliphatic carbocycles. The highest BCUT2D eigenvalue weighted by molar-refractivity contribution is 5.92. The van der Waals surface area contributed by atoms with Crippen molar-refractivity contribution in [2.24, 2.45) is 0 Å². The summed E-state index contributed by atoms with van der Waals surface area (Å²) in [7, 11) is 1.97. The number of halogens is 1. The smallest absolute Gasteiger partial charge is 0.238 e. The van der Waals surface area contributed by atoms with Crippen LogP contribution in [0.25, 0.3) is 0 Å². The van der Waals surface area contributed by atoms with Gasteiger partial charge in [0.25, 0.3) is 0 Å². The van der Waals surface area contributed by atoms with Gasteiger partial charge in [-0.15, -0.1) is 12.4 Å². The molecule has 5 heteroatoms. The summed E-state index contributed by atoms with van der Waals surface area (Å²) in [4.78, 5) is 14.4. The number of carbonyl (C=O) groups excluding carboxylic acids is 1. The van der Waals surface area contributed by atoms with Crippen molar-refractivity contribution in [1.82, 2.24) is 10.2 Å². The topological polar surface area (TPSA) is 44.4 Å². The van der Waals surface area contributed by atoms with Crippen LogP contribution in [0.1, 0.15) is 38.2 Å². The van der Waals surface area contributed by atoms with E-state index in [1.165, 1.54) is 18.4 Å². The monoisotopic (exact) mass is 325 g/mol. The van der Waals surface area contributed by atoms with Gasteiger partial charge in [-0.25, -0.2) is 0 Å². The SMILES string of the molecule is CNCC1CCCN1CC(=O)Nc1ccc(C(C)C)cc1.Cl. The first kappa shape index (κ1) is 18.9. The highest BCUT2D eigenvalue weighted by Gasteiger charge is 2.25. The molecule has 0 radical (unpaired) electrons. The fourth-order valence-electron chi connectivity index (χ4n) is 2.91. The second-order valence-corrected chi connectivity index (χ2v) is 6.15. The van der Waals surface area contributed by atoms with Crippen molar-refractivity contribution in [2.75, 3.05) is 32.0 Å². The van der Waals surface area contributed by atoms with Crippen LogP contribution in [0.2, 0.25) is 0 Å². The van der Waals surface area contributed by atoms with Gasteiger partial charge in [-0.3, -0.25) is 9.69 Å². The van der Waals surface area contributed by atoms with E-state index >= 15 is 0 Å². The summed E-state index contributed by atoms with van der Waals surface area (Å²) in [6.45, 7) is 6.80. The van der Waals surface area contributed by atoms with E-state index in [-0.39, 0.29) is 18.3 Å². The molecule has 2 rings (SSSR count). The third kappa shape index (κ3) is 5.27. The van der Waals surface area contributed by atoms with Gasteiger partial charge in [-0.1, -0.05) is 26.0 Å². The molecule has 4 nitrogen and oxygen atoms in total. The first-order valence-corrected chi connectivity index (χ1v) is 7.88. The van der Waals surface area contributed by atoms with E-state index in [4.69, 9.17) is 0 Å². The van der Waals surface area contributed by atoms with E-state index < -0.39 is 0 Å². The number of likely N-dealkylation sites (N-methyl/N-ethyl adjacent to an activating group) is 1. The number of rotatable bonds is 6. The van der Waals surface area contributed by atoms with Crippen LogP contribution < -0.4 is 10.6 Å². The van der Waals surface area contributed by atoms with Crippen molar-refractivity contribution in [1.29, 1.82) is 0 Å². The van der Waals surface area contributed by atoms with Gasteiger partial charge in [0, 0.05) is 18.3 Å². The molecule has 1 atom stereocenters. The van der Waals surface area contributed by atoms with Crippen molar-refractivity contribution >= 4 is 24.0 Å².